The molecule has 0 radical (unpaired) electrons. The van der Waals surface area contributed by atoms with Gasteiger partial charge < -0.3 is 4.74 Å². The summed E-state index contributed by atoms with van der Waals surface area (Å²) in [6, 6.07) is 14.5. The third-order valence-electron chi connectivity index (χ3n) is 4.63. The molecule has 0 bridgehead atoms. The fourth-order valence-corrected chi connectivity index (χ4v) is 5.04. The average Bonchev–Trinajstić information content (AvgIpc) is 3.10. The number of methoxy groups -OCH3 is 1. The highest BCUT2D eigenvalue weighted by Crippen LogP contribution is 2.36. The molecule has 0 saturated heterocycles. The lowest BCUT2D eigenvalue weighted by molar-refractivity contribution is 0.415. The van der Waals surface area contributed by atoms with Crippen molar-refractivity contribution in [2.45, 2.75) is 31.6 Å². The Morgan fingerprint density at radius 3 is 2.54 bits per heavy atom. The van der Waals surface area contributed by atoms with Gasteiger partial charge in [-0.15, -0.1) is 21.5 Å². The minimum Gasteiger partial charge on any atom is -0.497 e. The van der Waals surface area contributed by atoms with E-state index in [1.165, 1.54) is 16.7 Å². The molecule has 2 aromatic heterocycles. The Morgan fingerprint density at radius 1 is 1.00 bits per heavy atom. The number of thiazole rings is 1. The molecule has 6 heteroatoms. The normalized spacial score (nSPS) is 11.1. The van der Waals surface area contributed by atoms with Crippen molar-refractivity contribution in [3.05, 3.63) is 64.2 Å². The molecular formula is C22H21N3OS2. The van der Waals surface area contributed by atoms with Crippen molar-refractivity contribution in [2.75, 3.05) is 7.11 Å². The molecule has 2 aromatic carbocycles. The van der Waals surface area contributed by atoms with Crippen molar-refractivity contribution in [3.8, 4) is 17.0 Å². The predicted molar refractivity (Wildman–Crippen MR) is 117 cm³/mol. The first-order valence-electron chi connectivity index (χ1n) is 9.02. The van der Waals surface area contributed by atoms with Crippen LogP contribution in [0.3, 0.4) is 0 Å². The molecule has 4 nitrogen and oxygen atoms in total. The smallest absolute Gasteiger partial charge is 0.146 e. The first-order chi connectivity index (χ1) is 13.5. The highest BCUT2D eigenvalue weighted by atomic mass is 32.2. The van der Waals surface area contributed by atoms with Crippen LogP contribution in [-0.4, -0.2) is 22.3 Å². The Labute approximate surface area is 173 Å². The van der Waals surface area contributed by atoms with Gasteiger partial charge >= 0.3 is 0 Å². The Kier molecular flexibility index (Phi) is 5.33. The summed E-state index contributed by atoms with van der Waals surface area (Å²) in [5.74, 6) is 1.68. The van der Waals surface area contributed by atoms with Crippen molar-refractivity contribution in [2.24, 2.45) is 0 Å². The first-order valence-corrected chi connectivity index (χ1v) is 10.8. The zero-order chi connectivity index (χ0) is 19.7. The lowest BCUT2D eigenvalue weighted by Gasteiger charge is -2.08. The summed E-state index contributed by atoms with van der Waals surface area (Å²) in [6.07, 6.45) is 0. The molecule has 142 valence electrons. The molecule has 0 fully saturated rings. The van der Waals surface area contributed by atoms with Crippen LogP contribution >= 0.6 is 23.1 Å². The Hall–Kier alpha value is -2.44. The van der Waals surface area contributed by atoms with E-state index < -0.39 is 0 Å². The van der Waals surface area contributed by atoms with E-state index in [-0.39, 0.29) is 0 Å². The molecule has 0 amide bonds. The SMILES string of the molecule is COc1ccc(-c2nnc(SCc3cc(C)ccc3C)c3nc(C)sc23)cc1. The number of ether oxygens (including phenoxy) is 1. The van der Waals surface area contributed by atoms with Gasteiger partial charge in [-0.3, -0.25) is 0 Å². The second kappa shape index (κ2) is 7.89. The third-order valence-corrected chi connectivity index (χ3v) is 6.61. The molecule has 0 N–H and O–H groups in total. The second-order valence-corrected chi connectivity index (χ2v) is 8.88. The van der Waals surface area contributed by atoms with Crippen LogP contribution in [0.25, 0.3) is 21.5 Å². The number of hydrogen-bond donors (Lipinski definition) is 0. The van der Waals surface area contributed by atoms with Gasteiger partial charge in [-0.2, -0.15) is 0 Å². The number of benzene rings is 2. The molecule has 0 aliphatic rings. The number of rotatable bonds is 5. The molecule has 0 unspecified atom stereocenters. The standard InChI is InChI=1S/C22H21N3OS2/c1-13-5-6-14(2)17(11-13)12-27-22-20-21(28-15(3)23-20)19(24-25-22)16-7-9-18(26-4)10-8-16/h5-11H,12H2,1-4H3. The molecule has 2 heterocycles. The number of hydrogen-bond acceptors (Lipinski definition) is 6. The van der Waals surface area contributed by atoms with Crippen LogP contribution in [0.15, 0.2) is 47.5 Å². The van der Waals surface area contributed by atoms with E-state index in [4.69, 9.17) is 9.72 Å². The van der Waals surface area contributed by atoms with Crippen LogP contribution in [0.4, 0.5) is 0 Å². The van der Waals surface area contributed by atoms with Gasteiger partial charge in [0.15, 0.2) is 0 Å². The molecule has 0 saturated carbocycles. The van der Waals surface area contributed by atoms with Gasteiger partial charge in [0.1, 0.15) is 22.0 Å². The van der Waals surface area contributed by atoms with E-state index in [2.05, 4.69) is 42.2 Å². The van der Waals surface area contributed by atoms with E-state index in [1.807, 2.05) is 31.2 Å². The topological polar surface area (TPSA) is 47.9 Å². The Balaban J connectivity index is 1.70. The lowest BCUT2D eigenvalue weighted by atomic mass is 10.1. The van der Waals surface area contributed by atoms with Gasteiger partial charge in [0, 0.05) is 11.3 Å². The van der Waals surface area contributed by atoms with Crippen molar-refractivity contribution in [1.82, 2.24) is 15.2 Å². The van der Waals surface area contributed by atoms with E-state index >= 15 is 0 Å². The van der Waals surface area contributed by atoms with Crippen LogP contribution in [0.1, 0.15) is 21.7 Å². The Bertz CT molecular complexity index is 1140. The first kappa shape index (κ1) is 18.9. The predicted octanol–water partition coefficient (Wildman–Crippen LogP) is 5.98. The maximum Gasteiger partial charge on any atom is 0.146 e. The molecule has 4 rings (SSSR count). The summed E-state index contributed by atoms with van der Waals surface area (Å²) in [6.45, 7) is 6.30. The zero-order valence-electron chi connectivity index (χ0n) is 16.3. The van der Waals surface area contributed by atoms with Gasteiger partial charge in [0.2, 0.25) is 0 Å². The van der Waals surface area contributed by atoms with E-state index in [0.29, 0.717) is 0 Å². The number of aryl methyl sites for hydroxylation is 3. The summed E-state index contributed by atoms with van der Waals surface area (Å²) in [7, 11) is 1.67. The molecule has 0 spiro atoms. The van der Waals surface area contributed by atoms with Gasteiger partial charge in [-0.25, -0.2) is 4.98 Å². The quantitative estimate of drug-likeness (QED) is 0.381. The minimum absolute atomic E-state index is 0.828. The average molecular weight is 408 g/mol. The number of fused-ring (bicyclic) bond motifs is 1. The summed E-state index contributed by atoms with van der Waals surface area (Å²) >= 11 is 3.37. The summed E-state index contributed by atoms with van der Waals surface area (Å²) in [4.78, 5) is 4.76. The third kappa shape index (κ3) is 3.75. The van der Waals surface area contributed by atoms with Crippen molar-refractivity contribution in [1.29, 1.82) is 0 Å². The lowest BCUT2D eigenvalue weighted by Crippen LogP contribution is -1.94. The number of thioether (sulfide) groups is 1. The van der Waals surface area contributed by atoms with Crippen LogP contribution in [0.2, 0.25) is 0 Å². The maximum atomic E-state index is 5.26. The minimum atomic E-state index is 0.828. The highest BCUT2D eigenvalue weighted by Gasteiger charge is 2.16. The van der Waals surface area contributed by atoms with Crippen molar-refractivity contribution >= 4 is 33.3 Å². The van der Waals surface area contributed by atoms with E-state index in [9.17, 15) is 0 Å². The largest absolute Gasteiger partial charge is 0.497 e. The molecule has 0 aliphatic carbocycles. The fourth-order valence-electron chi connectivity index (χ4n) is 3.06. The van der Waals surface area contributed by atoms with Gasteiger partial charge in [0.05, 0.1) is 16.8 Å². The van der Waals surface area contributed by atoms with Crippen LogP contribution < -0.4 is 4.74 Å². The summed E-state index contributed by atoms with van der Waals surface area (Å²) in [5, 5.41) is 11.0. The molecular weight excluding hydrogens is 386 g/mol. The van der Waals surface area contributed by atoms with Crippen LogP contribution in [0.5, 0.6) is 5.75 Å². The number of nitrogens with zero attached hydrogens (tertiary/aromatic N) is 3. The second-order valence-electron chi connectivity index (χ2n) is 6.71. The molecule has 0 atom stereocenters. The summed E-state index contributed by atoms with van der Waals surface area (Å²) < 4.78 is 6.34. The summed E-state index contributed by atoms with van der Waals surface area (Å²) in [5.41, 5.74) is 6.74. The van der Waals surface area contributed by atoms with Gasteiger partial charge in [0.25, 0.3) is 0 Å². The molecule has 28 heavy (non-hydrogen) atoms. The molecule has 0 aliphatic heterocycles. The Morgan fingerprint density at radius 2 is 1.79 bits per heavy atom. The van der Waals surface area contributed by atoms with Crippen molar-refractivity contribution in [3.63, 3.8) is 0 Å². The highest BCUT2D eigenvalue weighted by molar-refractivity contribution is 7.98. The van der Waals surface area contributed by atoms with Crippen LogP contribution in [0, 0.1) is 20.8 Å². The zero-order valence-corrected chi connectivity index (χ0v) is 17.9. The number of aromatic nitrogens is 3. The van der Waals surface area contributed by atoms with Gasteiger partial charge in [-0.05, 0) is 56.2 Å². The van der Waals surface area contributed by atoms with Gasteiger partial charge in [-0.1, -0.05) is 35.5 Å². The van der Waals surface area contributed by atoms with Crippen molar-refractivity contribution < 1.29 is 4.74 Å². The monoisotopic (exact) mass is 407 g/mol. The van der Waals surface area contributed by atoms with E-state index in [1.54, 1.807) is 30.2 Å². The molecule has 4 aromatic rings. The maximum absolute atomic E-state index is 5.26. The van der Waals surface area contributed by atoms with E-state index in [0.717, 1.165) is 43.0 Å². The van der Waals surface area contributed by atoms with Crippen LogP contribution in [-0.2, 0) is 5.75 Å². The fraction of sp³-hybridized carbons (Fsp3) is 0.227.